The molecule has 1 N–H and O–H groups in total. The van der Waals surface area contributed by atoms with Crippen LogP contribution in [0.2, 0.25) is 0 Å². The highest BCUT2D eigenvalue weighted by Crippen LogP contribution is 2.35. The molecule has 2 amide bonds. The van der Waals surface area contributed by atoms with E-state index in [0.717, 1.165) is 24.2 Å². The number of benzene rings is 3. The van der Waals surface area contributed by atoms with Crippen molar-refractivity contribution in [1.29, 1.82) is 0 Å². The zero-order chi connectivity index (χ0) is 25.5. The number of fused-ring (bicyclic) bond motifs is 1. The second-order valence-corrected chi connectivity index (χ2v) is 8.55. The van der Waals surface area contributed by atoms with Crippen LogP contribution in [0.3, 0.4) is 0 Å². The molecule has 0 aliphatic carbocycles. The Labute approximate surface area is 210 Å². The molecule has 1 heterocycles. The largest absolute Gasteiger partial charge is 0.494 e. The number of rotatable bonds is 9. The zero-order valence-corrected chi connectivity index (χ0v) is 20.4. The van der Waals surface area contributed by atoms with Crippen molar-refractivity contribution in [2.75, 3.05) is 18.1 Å². The number of hydrogen-bond donors (Lipinski definition) is 1. The minimum Gasteiger partial charge on any atom is -0.494 e. The maximum atomic E-state index is 14.2. The van der Waals surface area contributed by atoms with Gasteiger partial charge in [0.15, 0.2) is 11.5 Å². The minimum atomic E-state index is -0.520. The lowest BCUT2D eigenvalue weighted by molar-refractivity contribution is -0.123. The Morgan fingerprint density at radius 1 is 1.08 bits per heavy atom. The first-order chi connectivity index (χ1) is 17.5. The van der Waals surface area contributed by atoms with E-state index in [1.54, 1.807) is 42.5 Å². The number of carbonyl (C=O) groups is 2. The van der Waals surface area contributed by atoms with E-state index in [4.69, 9.17) is 9.47 Å². The highest BCUT2D eigenvalue weighted by Gasteiger charge is 2.32. The molecule has 186 valence electrons. The summed E-state index contributed by atoms with van der Waals surface area (Å²) >= 11 is 0. The van der Waals surface area contributed by atoms with Crippen molar-refractivity contribution in [2.45, 2.75) is 32.7 Å². The molecule has 0 spiro atoms. The highest BCUT2D eigenvalue weighted by molar-refractivity contribution is 6.12. The first-order valence-electron chi connectivity index (χ1n) is 12.0. The van der Waals surface area contributed by atoms with Gasteiger partial charge in [-0.3, -0.25) is 14.5 Å². The second kappa shape index (κ2) is 11.5. The van der Waals surface area contributed by atoms with Crippen molar-refractivity contribution >= 4 is 23.6 Å². The summed E-state index contributed by atoms with van der Waals surface area (Å²) in [6, 6.07) is 20.4. The Bertz CT molecular complexity index is 1260. The lowest BCUT2D eigenvalue weighted by atomic mass is 10.1. The molecule has 1 aliphatic heterocycles. The molecule has 1 atom stereocenters. The van der Waals surface area contributed by atoms with Crippen LogP contribution < -0.4 is 19.7 Å². The molecule has 0 aromatic heterocycles. The van der Waals surface area contributed by atoms with Gasteiger partial charge in [-0.2, -0.15) is 0 Å². The standard InChI is InChI=1S/C29H29FN2O4/c1-3-4-17-35-23-15-13-21(14-16-23)20(2)31-28(33)19-32-25-11-7-8-12-26(25)36-27(29(32)34)18-22-9-5-6-10-24(22)30/h5-16,18,20H,3-4,17,19H2,1-2H3,(H,31,33)/b27-18+. The summed E-state index contributed by atoms with van der Waals surface area (Å²) in [4.78, 5) is 27.6. The fourth-order valence-corrected chi connectivity index (χ4v) is 3.85. The molecule has 1 unspecified atom stereocenters. The van der Waals surface area contributed by atoms with Gasteiger partial charge in [0, 0.05) is 5.56 Å². The summed E-state index contributed by atoms with van der Waals surface area (Å²) in [6.07, 6.45) is 3.41. The van der Waals surface area contributed by atoms with Crippen molar-refractivity contribution in [3.05, 3.63) is 95.5 Å². The number of nitrogens with zero attached hydrogens (tertiary/aromatic N) is 1. The molecule has 6 nitrogen and oxygen atoms in total. The first kappa shape index (κ1) is 25.0. The summed E-state index contributed by atoms with van der Waals surface area (Å²) < 4.78 is 25.7. The molecular weight excluding hydrogens is 459 g/mol. The molecular formula is C29H29FN2O4. The predicted octanol–water partition coefficient (Wildman–Crippen LogP) is 5.65. The van der Waals surface area contributed by atoms with E-state index >= 15 is 0 Å². The number of anilines is 1. The highest BCUT2D eigenvalue weighted by atomic mass is 19.1. The van der Waals surface area contributed by atoms with E-state index in [9.17, 15) is 14.0 Å². The monoisotopic (exact) mass is 488 g/mol. The van der Waals surface area contributed by atoms with Crippen LogP contribution in [0.25, 0.3) is 6.08 Å². The van der Waals surface area contributed by atoms with Crippen LogP contribution in [0.1, 0.15) is 43.9 Å². The van der Waals surface area contributed by atoms with E-state index < -0.39 is 11.7 Å². The molecule has 0 radical (unpaired) electrons. The van der Waals surface area contributed by atoms with Gasteiger partial charge >= 0.3 is 0 Å². The first-order valence-corrected chi connectivity index (χ1v) is 12.0. The van der Waals surface area contributed by atoms with Crippen LogP contribution in [0.15, 0.2) is 78.6 Å². The maximum Gasteiger partial charge on any atom is 0.294 e. The summed E-state index contributed by atoms with van der Waals surface area (Å²) in [6.45, 7) is 4.45. The van der Waals surface area contributed by atoms with Crippen LogP contribution in [-0.2, 0) is 9.59 Å². The Kier molecular flexibility index (Phi) is 8.00. The van der Waals surface area contributed by atoms with Crippen molar-refractivity contribution in [1.82, 2.24) is 5.32 Å². The number of unbranched alkanes of at least 4 members (excludes halogenated alkanes) is 1. The molecule has 0 saturated heterocycles. The van der Waals surface area contributed by atoms with Crippen molar-refractivity contribution in [3.8, 4) is 11.5 Å². The van der Waals surface area contributed by atoms with Crippen LogP contribution in [0, 0.1) is 5.82 Å². The summed E-state index contributed by atoms with van der Waals surface area (Å²) in [5, 5.41) is 2.95. The number of halogens is 1. The van der Waals surface area contributed by atoms with E-state index in [-0.39, 0.29) is 29.8 Å². The quantitative estimate of drug-likeness (QED) is 0.312. The Morgan fingerprint density at radius 3 is 2.56 bits per heavy atom. The van der Waals surface area contributed by atoms with E-state index in [1.165, 1.54) is 17.0 Å². The van der Waals surface area contributed by atoms with Gasteiger partial charge in [0.1, 0.15) is 18.1 Å². The van der Waals surface area contributed by atoms with Gasteiger partial charge in [0.05, 0.1) is 18.3 Å². The maximum absolute atomic E-state index is 14.2. The van der Waals surface area contributed by atoms with Gasteiger partial charge in [-0.1, -0.05) is 55.8 Å². The van der Waals surface area contributed by atoms with E-state index in [1.807, 2.05) is 31.2 Å². The molecule has 0 bridgehead atoms. The number of carbonyl (C=O) groups excluding carboxylic acids is 2. The Hall–Kier alpha value is -4.13. The van der Waals surface area contributed by atoms with Crippen molar-refractivity contribution in [3.63, 3.8) is 0 Å². The van der Waals surface area contributed by atoms with Crippen molar-refractivity contribution in [2.24, 2.45) is 0 Å². The van der Waals surface area contributed by atoms with Crippen molar-refractivity contribution < 1.29 is 23.5 Å². The van der Waals surface area contributed by atoms with Crippen LogP contribution >= 0.6 is 0 Å². The molecule has 1 aliphatic rings. The number of hydrogen-bond acceptors (Lipinski definition) is 4. The lowest BCUT2D eigenvalue weighted by Crippen LogP contribution is -2.44. The fraction of sp³-hybridized carbons (Fsp3) is 0.241. The average molecular weight is 489 g/mol. The van der Waals surface area contributed by atoms with Gasteiger partial charge in [0.25, 0.3) is 5.91 Å². The third kappa shape index (κ3) is 5.92. The fourth-order valence-electron chi connectivity index (χ4n) is 3.85. The Balaban J connectivity index is 1.47. The summed E-state index contributed by atoms with van der Waals surface area (Å²) in [5.74, 6) is -0.178. The van der Waals surface area contributed by atoms with Crippen LogP contribution in [0.4, 0.5) is 10.1 Å². The zero-order valence-electron chi connectivity index (χ0n) is 20.4. The molecule has 3 aromatic carbocycles. The Morgan fingerprint density at radius 2 is 1.81 bits per heavy atom. The average Bonchev–Trinajstić information content (AvgIpc) is 2.88. The third-order valence-electron chi connectivity index (χ3n) is 5.85. The van der Waals surface area contributed by atoms with E-state index in [0.29, 0.717) is 18.0 Å². The molecule has 7 heteroatoms. The van der Waals surface area contributed by atoms with Gasteiger partial charge in [-0.05, 0) is 55.3 Å². The topological polar surface area (TPSA) is 67.9 Å². The SMILES string of the molecule is CCCCOc1ccc(C(C)NC(=O)CN2C(=O)/C(=C\c3ccccc3F)Oc3ccccc32)cc1. The normalized spacial score (nSPS) is 14.7. The van der Waals surface area contributed by atoms with Gasteiger partial charge in [0.2, 0.25) is 5.91 Å². The number of amides is 2. The third-order valence-corrected chi connectivity index (χ3v) is 5.85. The molecule has 0 saturated carbocycles. The summed E-state index contributed by atoms with van der Waals surface area (Å²) in [5.41, 5.74) is 1.62. The van der Waals surface area contributed by atoms with Gasteiger partial charge in [-0.15, -0.1) is 0 Å². The van der Waals surface area contributed by atoms with Crippen LogP contribution in [-0.4, -0.2) is 25.0 Å². The number of ether oxygens (including phenoxy) is 2. The molecule has 0 fully saturated rings. The van der Waals surface area contributed by atoms with E-state index in [2.05, 4.69) is 12.2 Å². The number of nitrogens with one attached hydrogen (secondary N) is 1. The molecule has 3 aromatic rings. The van der Waals surface area contributed by atoms with Gasteiger partial charge < -0.3 is 14.8 Å². The molecule has 36 heavy (non-hydrogen) atoms. The van der Waals surface area contributed by atoms with Gasteiger partial charge in [-0.25, -0.2) is 4.39 Å². The lowest BCUT2D eigenvalue weighted by Gasteiger charge is -2.30. The minimum absolute atomic E-state index is 0.0571. The van der Waals surface area contributed by atoms with Crippen LogP contribution in [0.5, 0.6) is 11.5 Å². The number of para-hydroxylation sites is 2. The second-order valence-electron chi connectivity index (χ2n) is 8.55. The smallest absolute Gasteiger partial charge is 0.294 e. The summed E-state index contributed by atoms with van der Waals surface area (Å²) in [7, 11) is 0. The molecule has 4 rings (SSSR count). The predicted molar refractivity (Wildman–Crippen MR) is 137 cm³/mol.